The van der Waals surface area contributed by atoms with Crippen molar-refractivity contribution in [2.24, 2.45) is 0 Å². The van der Waals surface area contributed by atoms with Gasteiger partial charge in [-0.15, -0.1) is 0 Å². The fourth-order valence-corrected chi connectivity index (χ4v) is 1.59. The molecule has 0 atom stereocenters. The van der Waals surface area contributed by atoms with Crippen LogP contribution in [0.5, 0.6) is 0 Å². The second-order valence-corrected chi connectivity index (χ2v) is 3.21. The maximum Gasteiger partial charge on any atom is 0.132 e. The lowest BCUT2D eigenvalue weighted by Gasteiger charge is -2.13. The van der Waals surface area contributed by atoms with E-state index in [1.54, 1.807) is 18.7 Å². The third-order valence-corrected chi connectivity index (χ3v) is 2.33. The maximum absolute atomic E-state index is 10.7. The largest absolute Gasteiger partial charge is 0.303 e. The van der Waals surface area contributed by atoms with E-state index in [2.05, 4.69) is 4.98 Å². The highest BCUT2D eigenvalue weighted by Gasteiger charge is 2.31. The number of carbonyl (C=O) groups excluding carboxylic acids is 1. The second kappa shape index (κ2) is 4.09. The number of rotatable bonds is 2. The predicted molar refractivity (Wildman–Crippen MR) is 53.8 cm³/mol. The fraction of sp³-hybridized carbons (Fsp3) is 0. The van der Waals surface area contributed by atoms with Crippen LogP contribution in [0, 0.1) is 31.1 Å². The summed E-state index contributed by atoms with van der Waals surface area (Å²) in [5.74, 6) is 1.47. The average molecular weight is 205 g/mol. The van der Waals surface area contributed by atoms with Crippen molar-refractivity contribution in [1.82, 2.24) is 4.98 Å². The zero-order valence-electron chi connectivity index (χ0n) is 7.27. The molecule has 5 radical (unpaired) electrons. The van der Waals surface area contributed by atoms with Gasteiger partial charge < -0.3 is 4.79 Å². The minimum absolute atomic E-state index is 0.418. The van der Waals surface area contributed by atoms with Crippen LogP contribution in [0.25, 0.3) is 0 Å². The number of hydrogen-bond donors (Lipinski definition) is 0. The molecule has 1 aromatic rings. The Morgan fingerprint density at radius 2 is 2.21 bits per heavy atom. The van der Waals surface area contributed by atoms with Gasteiger partial charge >= 0.3 is 0 Å². The molecule has 14 heavy (non-hydrogen) atoms. The second-order valence-electron chi connectivity index (χ2n) is 2.85. The Morgan fingerprint density at radius 3 is 2.93 bits per heavy atom. The van der Waals surface area contributed by atoms with Crippen LogP contribution in [0.1, 0.15) is 5.56 Å². The highest BCUT2D eigenvalue weighted by atomic mass is 35.5. The van der Waals surface area contributed by atoms with Crippen LogP contribution in [0.15, 0.2) is 18.3 Å². The quantitative estimate of drug-likeness (QED) is 0.545. The molecule has 1 heterocycles. The standard InChI is InChI=1S/C11H7ClNO/c12-11-10(5-2-6-13-11)9-4-1-3-8(9)7-14/h1-7H. The van der Waals surface area contributed by atoms with Gasteiger partial charge in [-0.25, -0.2) is 4.98 Å². The van der Waals surface area contributed by atoms with Gasteiger partial charge in [0.05, 0.1) is 5.92 Å². The molecule has 0 spiro atoms. The molecular weight excluding hydrogens is 198 g/mol. The fourth-order valence-electron chi connectivity index (χ4n) is 1.37. The highest BCUT2D eigenvalue weighted by molar-refractivity contribution is 6.30. The molecule has 1 aromatic heterocycles. The Balaban J connectivity index is 2.30. The average Bonchev–Trinajstić information content (AvgIpc) is 2.66. The summed E-state index contributed by atoms with van der Waals surface area (Å²) >= 11 is 5.92. The summed E-state index contributed by atoms with van der Waals surface area (Å²) in [6.45, 7) is 0. The molecule has 1 aliphatic rings. The van der Waals surface area contributed by atoms with Crippen LogP contribution in [-0.4, -0.2) is 11.3 Å². The Hall–Kier alpha value is -0.890. The number of aromatic nitrogens is 1. The zero-order chi connectivity index (χ0) is 9.97. The normalized spacial score (nSPS) is 18.6. The molecule has 0 N–H and O–H groups in total. The van der Waals surface area contributed by atoms with Crippen molar-refractivity contribution in [3.63, 3.8) is 0 Å². The number of nitrogens with zero attached hydrogens (tertiary/aromatic N) is 1. The minimum Gasteiger partial charge on any atom is -0.303 e. The summed E-state index contributed by atoms with van der Waals surface area (Å²) < 4.78 is 0. The topological polar surface area (TPSA) is 30.0 Å². The highest BCUT2D eigenvalue weighted by Crippen LogP contribution is 2.38. The van der Waals surface area contributed by atoms with Crippen molar-refractivity contribution in [3.8, 4) is 0 Å². The molecule has 1 fully saturated rings. The van der Waals surface area contributed by atoms with Crippen molar-refractivity contribution >= 4 is 17.9 Å². The van der Waals surface area contributed by atoms with Gasteiger partial charge in [0.1, 0.15) is 11.4 Å². The lowest BCUT2D eigenvalue weighted by molar-refractivity contribution is -0.105. The molecule has 2 rings (SSSR count). The molecular formula is C11H7ClNO. The van der Waals surface area contributed by atoms with Gasteiger partial charge in [-0.3, -0.25) is 0 Å². The van der Waals surface area contributed by atoms with Gasteiger partial charge in [0.25, 0.3) is 0 Å². The van der Waals surface area contributed by atoms with E-state index in [0.717, 1.165) is 17.8 Å². The van der Waals surface area contributed by atoms with Crippen molar-refractivity contribution in [1.29, 1.82) is 0 Å². The van der Waals surface area contributed by atoms with Crippen LogP contribution >= 0.6 is 11.6 Å². The molecule has 0 unspecified atom stereocenters. The van der Waals surface area contributed by atoms with Gasteiger partial charge in [-0.1, -0.05) is 17.7 Å². The molecule has 1 saturated carbocycles. The molecule has 2 nitrogen and oxygen atoms in total. The molecule has 3 heteroatoms. The lowest BCUT2D eigenvalue weighted by Crippen LogP contribution is -2.07. The Bertz CT molecular complexity index is 340. The van der Waals surface area contributed by atoms with Gasteiger partial charge in [0.15, 0.2) is 0 Å². The lowest BCUT2D eigenvalue weighted by atomic mass is 9.91. The first-order valence-corrected chi connectivity index (χ1v) is 4.52. The van der Waals surface area contributed by atoms with E-state index >= 15 is 0 Å². The predicted octanol–water partition coefficient (Wildman–Crippen LogP) is 2.06. The molecule has 0 bridgehead atoms. The number of pyridine rings is 1. The molecule has 0 amide bonds. The van der Waals surface area contributed by atoms with Crippen LogP contribution < -0.4 is 0 Å². The SMILES string of the molecule is O=C[C]1[CH][CH][CH][C]1c1cccnc1Cl. The van der Waals surface area contributed by atoms with Crippen LogP contribution in [0.3, 0.4) is 0 Å². The van der Waals surface area contributed by atoms with Crippen molar-refractivity contribution in [3.05, 3.63) is 60.1 Å². The molecule has 69 valence electrons. The molecule has 0 aromatic carbocycles. The number of aldehydes is 1. The Labute approximate surface area is 88.3 Å². The van der Waals surface area contributed by atoms with E-state index < -0.39 is 0 Å². The van der Waals surface area contributed by atoms with Crippen LogP contribution in [0.2, 0.25) is 5.15 Å². The van der Waals surface area contributed by atoms with E-state index in [4.69, 9.17) is 11.6 Å². The van der Waals surface area contributed by atoms with Gasteiger partial charge in [-0.2, -0.15) is 0 Å². The van der Waals surface area contributed by atoms with Gasteiger partial charge in [0.2, 0.25) is 0 Å². The van der Waals surface area contributed by atoms with Crippen LogP contribution in [0.4, 0.5) is 0 Å². The first-order valence-electron chi connectivity index (χ1n) is 4.14. The van der Waals surface area contributed by atoms with Crippen molar-refractivity contribution in [2.75, 3.05) is 0 Å². The number of hydrogen-bond acceptors (Lipinski definition) is 2. The summed E-state index contributed by atoms with van der Waals surface area (Å²) in [7, 11) is 0. The maximum atomic E-state index is 10.7. The first kappa shape index (κ1) is 9.66. The van der Waals surface area contributed by atoms with E-state index in [9.17, 15) is 4.79 Å². The van der Waals surface area contributed by atoms with Crippen LogP contribution in [-0.2, 0) is 4.79 Å². The van der Waals surface area contributed by atoms with E-state index in [0.29, 0.717) is 11.1 Å². The Kier molecular flexibility index (Phi) is 2.82. The Morgan fingerprint density at radius 1 is 1.36 bits per heavy atom. The summed E-state index contributed by atoms with van der Waals surface area (Å²) in [6.07, 6.45) is 7.87. The van der Waals surface area contributed by atoms with Crippen molar-refractivity contribution < 1.29 is 4.79 Å². The summed E-state index contributed by atoms with van der Waals surface area (Å²) in [5.41, 5.74) is 0.793. The third kappa shape index (κ3) is 1.67. The first-order chi connectivity index (χ1) is 6.83. The monoisotopic (exact) mass is 204 g/mol. The smallest absolute Gasteiger partial charge is 0.132 e. The van der Waals surface area contributed by atoms with Crippen molar-refractivity contribution in [2.45, 2.75) is 0 Å². The molecule has 1 aliphatic carbocycles. The number of halogens is 1. The van der Waals surface area contributed by atoms with E-state index in [-0.39, 0.29) is 0 Å². The minimum atomic E-state index is 0.418. The zero-order valence-corrected chi connectivity index (χ0v) is 8.03. The van der Waals surface area contributed by atoms with Gasteiger partial charge in [-0.05, 0) is 30.9 Å². The summed E-state index contributed by atoms with van der Waals surface area (Å²) in [4.78, 5) is 14.7. The third-order valence-electron chi connectivity index (χ3n) is 2.03. The van der Waals surface area contributed by atoms with Gasteiger partial charge in [0, 0.05) is 12.1 Å². The van der Waals surface area contributed by atoms with E-state index in [1.807, 2.05) is 18.9 Å². The van der Waals surface area contributed by atoms with E-state index in [1.165, 1.54) is 0 Å². The summed E-state index contributed by atoms with van der Waals surface area (Å²) in [6, 6.07) is 3.64. The number of carbonyl (C=O) groups is 1. The molecule has 0 saturated heterocycles. The molecule has 0 aliphatic heterocycles. The summed E-state index contributed by atoms with van der Waals surface area (Å²) in [5, 5.41) is 0.418.